The summed E-state index contributed by atoms with van der Waals surface area (Å²) in [5, 5.41) is 0. The molecule has 0 bridgehead atoms. The summed E-state index contributed by atoms with van der Waals surface area (Å²) in [5.41, 5.74) is 0. The molecule has 46 valence electrons. The molecule has 7 heteroatoms. The molecule has 1 nitrogen and oxygen atoms in total. The first-order valence-corrected chi connectivity index (χ1v) is 15.2. The van der Waals surface area contributed by atoms with E-state index in [1.165, 1.54) is 9.50 Å². The number of halogens is 3. The van der Waals surface area contributed by atoms with Gasteiger partial charge in [-0.25, -0.2) is 0 Å². The van der Waals surface area contributed by atoms with Gasteiger partial charge in [0.1, 0.15) is 0 Å². The second-order valence-corrected chi connectivity index (χ2v) is 20.9. The van der Waals surface area contributed by atoms with Crippen molar-refractivity contribution < 1.29 is 21.0 Å². The quantitative estimate of drug-likeness (QED) is 0.366. The molecule has 7 heavy (non-hydrogen) atoms. The first-order chi connectivity index (χ1) is 3.81. The van der Waals surface area contributed by atoms with Crippen LogP contribution in [0.4, 0.5) is 2.86 Å². The fourth-order valence-corrected chi connectivity index (χ4v) is 22.2. The van der Waals surface area contributed by atoms with Gasteiger partial charge >= 0.3 is 67.3 Å². The zero-order valence-electron chi connectivity index (χ0n) is 3.90. The molecule has 0 aliphatic rings. The van der Waals surface area contributed by atoms with E-state index in [9.17, 15) is 2.86 Å². The van der Waals surface area contributed by atoms with Gasteiger partial charge < -0.3 is 0 Å². The average molecular weight is 386 g/mol. The van der Waals surface area contributed by atoms with E-state index in [0.717, 1.165) is 5.00 Å². The SMILES string of the molecule is [3H]NI(F)[I-]P=S=S. The van der Waals surface area contributed by atoms with E-state index in [2.05, 4.69) is 11.2 Å². The molecule has 0 aliphatic heterocycles. The molecule has 2 N–H and O–H groups in total. The van der Waals surface area contributed by atoms with Gasteiger partial charge in [0.05, 0.1) is 0 Å². The molecule has 0 aromatic rings. The molecular weight excluding hydrogens is 382 g/mol. The summed E-state index contributed by atoms with van der Waals surface area (Å²) in [5.74, 6) is 0. The summed E-state index contributed by atoms with van der Waals surface area (Å²) in [4.78, 5) is 0.975. The Morgan fingerprint density at radius 3 is 3.43 bits per heavy atom. The van der Waals surface area contributed by atoms with Gasteiger partial charge in [0, 0.05) is 0 Å². The van der Waals surface area contributed by atoms with Crippen molar-refractivity contribution >= 4 is 42.4 Å². The van der Waals surface area contributed by atoms with Crippen LogP contribution >= 0.6 is 21.7 Å². The molecule has 0 unspecified atom stereocenters. The Kier molecular flexibility index (Phi) is 6.39. The Bertz CT molecular complexity index is 106. The van der Waals surface area contributed by atoms with Crippen LogP contribution < -0.4 is 20.6 Å². The average Bonchev–Trinajstić information content (AvgIpc) is 1.83. The Labute approximate surface area is 66.3 Å². The fraction of sp³-hybridized carbons (Fsp3) is 0. The summed E-state index contributed by atoms with van der Waals surface area (Å²) in [6, 6.07) is 0. The molecule has 0 fully saturated rings. The first-order valence-electron chi connectivity index (χ1n) is 1.49. The van der Waals surface area contributed by atoms with Gasteiger partial charge in [0.2, 0.25) is 0 Å². The molecule has 0 radical (unpaired) electrons. The Balaban J connectivity index is 3.23. The van der Waals surface area contributed by atoms with Gasteiger partial charge in [0.25, 0.3) is 0 Å². The number of nitrogens with two attached hydrogens (primary N) is 1. The number of rotatable bonds is 3. The third kappa shape index (κ3) is 8.09. The van der Waals surface area contributed by atoms with Crippen LogP contribution in [0, 0.1) is 0 Å². The van der Waals surface area contributed by atoms with Crippen LogP contribution in [0.5, 0.6) is 0 Å². The monoisotopic (exact) mass is 386 g/mol. The number of hydrogen-bond donors (Lipinski definition) is 1. The van der Waals surface area contributed by atoms with Crippen LogP contribution in [0.25, 0.3) is 0 Å². The molecule has 0 saturated carbocycles. The van der Waals surface area contributed by atoms with E-state index in [1.54, 1.807) is 0 Å². The molecule has 0 saturated heterocycles. The first kappa shape index (κ1) is 7.20. The van der Waals surface area contributed by atoms with Crippen LogP contribution in [0.2, 0.25) is 1.41 Å². The van der Waals surface area contributed by atoms with Crippen molar-refractivity contribution in [2.24, 2.45) is 3.94 Å². The molecule has 0 aromatic heterocycles. The Morgan fingerprint density at radius 2 is 3.00 bits per heavy atom. The molecule has 0 spiro atoms. The van der Waals surface area contributed by atoms with Crippen LogP contribution in [0.1, 0.15) is 0 Å². The number of hydrogen-bond acceptors (Lipinski definition) is 2. The zero-order valence-corrected chi connectivity index (χ0v) is 9.74. The molecule has 0 aromatic carbocycles. The van der Waals surface area contributed by atoms with Crippen molar-refractivity contribution in [3.63, 3.8) is 0 Å². The summed E-state index contributed by atoms with van der Waals surface area (Å²) in [6.07, 6.45) is 0. The maximum absolute atomic E-state index is 12.2. The topological polar surface area (TPSA) is 26.0 Å². The van der Waals surface area contributed by atoms with Crippen LogP contribution in [-0.4, -0.2) is 0 Å². The summed E-state index contributed by atoms with van der Waals surface area (Å²) >= 11 is 1.68. The Morgan fingerprint density at radius 1 is 2.29 bits per heavy atom. The van der Waals surface area contributed by atoms with Gasteiger partial charge in [-0.1, -0.05) is 0 Å². The molecule has 0 heterocycles. The summed E-state index contributed by atoms with van der Waals surface area (Å²) in [6.45, 7) is 0. The van der Waals surface area contributed by atoms with E-state index in [-0.39, 0.29) is 0 Å². The van der Waals surface area contributed by atoms with Crippen LogP contribution in [0.15, 0.2) is 0 Å². The predicted octanol–water partition coefficient (Wildman–Crippen LogP) is -1.42. The van der Waals surface area contributed by atoms with E-state index in [4.69, 9.17) is 1.41 Å². The third-order valence-corrected chi connectivity index (χ3v) is 23.2. The second kappa shape index (κ2) is 6.21. The molecular formula is H2FI2NPS2-. The van der Waals surface area contributed by atoms with Crippen molar-refractivity contribution in [1.29, 1.82) is 0 Å². The standard InChI is InChI=1S/FH2I2NPS2/c1-3(4)2-5-7-6/h4H2/q-1/i/hT. The molecule has 0 rings (SSSR count). The fourth-order valence-electron chi connectivity index (χ4n) is 0.0335. The van der Waals surface area contributed by atoms with Crippen molar-refractivity contribution in [2.75, 3.05) is 0 Å². The van der Waals surface area contributed by atoms with Gasteiger partial charge in [-0.2, -0.15) is 0 Å². The van der Waals surface area contributed by atoms with Gasteiger partial charge in [-0.15, -0.1) is 0 Å². The van der Waals surface area contributed by atoms with Crippen molar-refractivity contribution in [3.8, 4) is 0 Å². The van der Waals surface area contributed by atoms with E-state index in [1.807, 2.05) is 3.94 Å². The normalized spacial score (nSPS) is 13.9. The van der Waals surface area contributed by atoms with Crippen molar-refractivity contribution in [1.82, 2.24) is 0 Å². The third-order valence-electron chi connectivity index (χ3n) is 0.110. The Hall–Kier alpha value is 2.09. The van der Waals surface area contributed by atoms with Gasteiger partial charge in [-0.3, -0.25) is 0 Å². The predicted molar refractivity (Wildman–Crippen MR) is 41.0 cm³/mol. The summed E-state index contributed by atoms with van der Waals surface area (Å²) in [7, 11) is 1.23. The maximum atomic E-state index is 12.2. The van der Waals surface area contributed by atoms with Gasteiger partial charge in [0.15, 0.2) is 0 Å². The van der Waals surface area contributed by atoms with Crippen molar-refractivity contribution in [3.05, 3.63) is 0 Å². The molecule has 0 aliphatic carbocycles. The van der Waals surface area contributed by atoms with E-state index >= 15 is 0 Å². The van der Waals surface area contributed by atoms with Gasteiger partial charge in [-0.05, 0) is 0 Å². The van der Waals surface area contributed by atoms with E-state index < -0.39 is 33.4 Å². The minimum atomic E-state index is -2.42. The van der Waals surface area contributed by atoms with E-state index in [0.29, 0.717) is 0 Å². The molecule has 0 atom stereocenters. The van der Waals surface area contributed by atoms with Crippen LogP contribution in [-0.2, 0) is 20.7 Å². The van der Waals surface area contributed by atoms with Crippen LogP contribution in [0.3, 0.4) is 0 Å². The second-order valence-electron chi connectivity index (χ2n) is 0.404. The molecule has 0 amide bonds. The zero-order chi connectivity index (χ0) is 6.41. The summed E-state index contributed by atoms with van der Waals surface area (Å²) < 4.78 is 20.5. The van der Waals surface area contributed by atoms with Crippen molar-refractivity contribution in [2.45, 2.75) is 0 Å². The minimum absolute atomic E-state index is 0.416.